The maximum Gasteiger partial charge on any atom is 0.328 e. The Morgan fingerprint density at radius 1 is 1.15 bits per heavy atom. The average molecular weight is 287 g/mol. The Bertz CT molecular complexity index is 646. The van der Waals surface area contributed by atoms with Gasteiger partial charge in [-0.3, -0.25) is 4.79 Å². The topological polar surface area (TPSA) is 57.6 Å². The minimum Gasteiger partial charge on any atom is -0.478 e. The first-order valence-corrected chi connectivity index (χ1v) is 6.73. The van der Waals surface area contributed by atoms with Crippen molar-refractivity contribution >= 4 is 35.0 Å². The molecule has 102 valence electrons. The van der Waals surface area contributed by atoms with Crippen LogP contribution in [0.1, 0.15) is 14.5 Å². The van der Waals surface area contributed by atoms with Crippen LogP contribution in [0.5, 0.6) is 0 Å². The number of anilines is 1. The number of hydrogen-bond donors (Lipinski definition) is 1. The first-order valence-electron chi connectivity index (χ1n) is 5.92. The van der Waals surface area contributed by atoms with Crippen LogP contribution in [0, 0.1) is 0 Å². The van der Waals surface area contributed by atoms with Crippen molar-refractivity contribution in [3.05, 3.63) is 58.3 Å². The number of benzene rings is 1. The first-order chi connectivity index (χ1) is 9.58. The Morgan fingerprint density at radius 2 is 1.85 bits per heavy atom. The van der Waals surface area contributed by atoms with Gasteiger partial charge in [0.2, 0.25) is 0 Å². The molecule has 0 unspecified atom stereocenters. The van der Waals surface area contributed by atoms with Crippen molar-refractivity contribution in [1.29, 1.82) is 0 Å². The zero-order valence-electron chi connectivity index (χ0n) is 10.8. The summed E-state index contributed by atoms with van der Waals surface area (Å²) in [6.45, 7) is 0. The molecule has 2 rings (SSSR count). The SMILES string of the molecule is CN(C(=O)c1ccc(C=CC(=O)O)s1)c1ccccc1. The van der Waals surface area contributed by atoms with Gasteiger partial charge in [-0.05, 0) is 30.3 Å². The fourth-order valence-electron chi connectivity index (χ4n) is 1.64. The second-order valence-electron chi connectivity index (χ2n) is 4.07. The van der Waals surface area contributed by atoms with E-state index in [9.17, 15) is 9.59 Å². The monoisotopic (exact) mass is 287 g/mol. The molecule has 1 aromatic carbocycles. The van der Waals surface area contributed by atoms with Gasteiger partial charge in [0, 0.05) is 23.7 Å². The molecule has 0 spiro atoms. The van der Waals surface area contributed by atoms with Crippen molar-refractivity contribution in [3.63, 3.8) is 0 Å². The molecule has 0 fully saturated rings. The van der Waals surface area contributed by atoms with Crippen LogP contribution in [0.25, 0.3) is 6.08 Å². The first kappa shape index (κ1) is 14.0. The summed E-state index contributed by atoms with van der Waals surface area (Å²) in [6.07, 6.45) is 2.54. The highest BCUT2D eigenvalue weighted by Crippen LogP contribution is 2.22. The molecule has 1 aromatic heterocycles. The zero-order chi connectivity index (χ0) is 14.5. The van der Waals surface area contributed by atoms with E-state index in [0.29, 0.717) is 4.88 Å². The minimum atomic E-state index is -1.01. The van der Waals surface area contributed by atoms with Gasteiger partial charge in [-0.25, -0.2) is 4.79 Å². The van der Waals surface area contributed by atoms with Crippen LogP contribution in [0.3, 0.4) is 0 Å². The molecule has 0 aliphatic heterocycles. The summed E-state index contributed by atoms with van der Waals surface area (Å²) >= 11 is 1.26. The van der Waals surface area contributed by atoms with Crippen molar-refractivity contribution in [2.75, 3.05) is 11.9 Å². The molecular weight excluding hydrogens is 274 g/mol. The normalized spacial score (nSPS) is 10.7. The number of amides is 1. The van der Waals surface area contributed by atoms with Crippen molar-refractivity contribution in [1.82, 2.24) is 0 Å². The lowest BCUT2D eigenvalue weighted by molar-refractivity contribution is -0.131. The van der Waals surface area contributed by atoms with E-state index in [1.54, 1.807) is 24.1 Å². The largest absolute Gasteiger partial charge is 0.478 e. The summed E-state index contributed by atoms with van der Waals surface area (Å²) in [4.78, 5) is 25.6. The molecule has 2 aromatic rings. The lowest BCUT2D eigenvalue weighted by Crippen LogP contribution is -2.25. The molecule has 1 amide bonds. The highest BCUT2D eigenvalue weighted by atomic mass is 32.1. The molecule has 1 N–H and O–H groups in total. The number of carbonyl (C=O) groups excluding carboxylic acids is 1. The predicted molar refractivity (Wildman–Crippen MR) is 80.2 cm³/mol. The second kappa shape index (κ2) is 6.16. The third-order valence-corrected chi connectivity index (χ3v) is 3.71. The summed E-state index contributed by atoms with van der Waals surface area (Å²) in [6, 6.07) is 12.8. The van der Waals surface area contributed by atoms with E-state index in [1.165, 1.54) is 17.4 Å². The summed E-state index contributed by atoms with van der Waals surface area (Å²) in [7, 11) is 1.71. The number of carbonyl (C=O) groups is 2. The quantitative estimate of drug-likeness (QED) is 0.879. The van der Waals surface area contributed by atoms with Gasteiger partial charge in [0.15, 0.2) is 0 Å². The Labute approximate surface area is 120 Å². The number of hydrogen-bond acceptors (Lipinski definition) is 3. The fourth-order valence-corrected chi connectivity index (χ4v) is 2.53. The Balaban J connectivity index is 2.16. The molecule has 0 aliphatic carbocycles. The molecule has 0 saturated heterocycles. The summed E-state index contributed by atoms with van der Waals surface area (Å²) in [5.41, 5.74) is 0.813. The van der Waals surface area contributed by atoms with E-state index >= 15 is 0 Å². The molecule has 20 heavy (non-hydrogen) atoms. The number of aliphatic carboxylic acids is 1. The van der Waals surface area contributed by atoms with E-state index in [-0.39, 0.29) is 5.91 Å². The van der Waals surface area contributed by atoms with Gasteiger partial charge in [0.05, 0.1) is 4.88 Å². The maximum absolute atomic E-state index is 12.3. The molecular formula is C15H13NO3S. The van der Waals surface area contributed by atoms with Crippen LogP contribution in [-0.2, 0) is 4.79 Å². The molecule has 5 heteroatoms. The van der Waals surface area contributed by atoms with E-state index in [0.717, 1.165) is 16.6 Å². The number of carboxylic acids is 1. The third kappa shape index (κ3) is 3.33. The van der Waals surface area contributed by atoms with Crippen molar-refractivity contribution < 1.29 is 14.7 Å². The predicted octanol–water partition coefficient (Wildman–Crippen LogP) is 3.12. The standard InChI is InChI=1S/C15H13NO3S/c1-16(11-5-3-2-4-6-11)15(19)13-9-7-12(20-13)8-10-14(17)18/h2-10H,1H3,(H,17,18). The van der Waals surface area contributed by atoms with Crippen LogP contribution in [0.2, 0.25) is 0 Å². The Kier molecular flexibility index (Phi) is 4.32. The van der Waals surface area contributed by atoms with Crippen LogP contribution >= 0.6 is 11.3 Å². The highest BCUT2D eigenvalue weighted by Gasteiger charge is 2.14. The van der Waals surface area contributed by atoms with Crippen molar-refractivity contribution in [2.24, 2.45) is 0 Å². The Hall–Kier alpha value is -2.40. The summed E-state index contributed by atoms with van der Waals surface area (Å²) in [5, 5.41) is 8.57. The number of rotatable bonds is 4. The van der Waals surface area contributed by atoms with Gasteiger partial charge in [0.25, 0.3) is 5.91 Å². The van der Waals surface area contributed by atoms with Crippen molar-refractivity contribution in [2.45, 2.75) is 0 Å². The second-order valence-corrected chi connectivity index (χ2v) is 5.19. The van der Waals surface area contributed by atoms with E-state index in [2.05, 4.69) is 0 Å². The van der Waals surface area contributed by atoms with Crippen molar-refractivity contribution in [3.8, 4) is 0 Å². The van der Waals surface area contributed by atoms with Crippen LogP contribution in [0.4, 0.5) is 5.69 Å². The lowest BCUT2D eigenvalue weighted by atomic mass is 10.3. The van der Waals surface area contributed by atoms with Crippen LogP contribution < -0.4 is 4.90 Å². The molecule has 0 saturated carbocycles. The molecule has 4 nitrogen and oxygen atoms in total. The molecule has 0 atom stereocenters. The minimum absolute atomic E-state index is 0.115. The molecule has 0 aliphatic rings. The fraction of sp³-hybridized carbons (Fsp3) is 0.0667. The number of carboxylic acid groups (broad SMARTS) is 1. The number of thiophene rings is 1. The highest BCUT2D eigenvalue weighted by molar-refractivity contribution is 7.15. The van der Waals surface area contributed by atoms with E-state index in [1.807, 2.05) is 30.3 Å². The van der Waals surface area contributed by atoms with Gasteiger partial charge in [-0.15, -0.1) is 11.3 Å². The smallest absolute Gasteiger partial charge is 0.328 e. The molecule has 0 radical (unpaired) electrons. The summed E-state index contributed by atoms with van der Waals surface area (Å²) < 4.78 is 0. The van der Waals surface area contributed by atoms with Gasteiger partial charge in [0.1, 0.15) is 0 Å². The molecule has 1 heterocycles. The van der Waals surface area contributed by atoms with Gasteiger partial charge in [-0.2, -0.15) is 0 Å². The number of para-hydroxylation sites is 1. The summed E-state index contributed by atoms with van der Waals surface area (Å²) in [5.74, 6) is -1.12. The van der Waals surface area contributed by atoms with Gasteiger partial charge >= 0.3 is 5.97 Å². The van der Waals surface area contributed by atoms with Gasteiger partial charge in [-0.1, -0.05) is 18.2 Å². The lowest BCUT2D eigenvalue weighted by Gasteiger charge is -2.15. The van der Waals surface area contributed by atoms with Crippen LogP contribution in [-0.4, -0.2) is 24.0 Å². The third-order valence-electron chi connectivity index (χ3n) is 2.68. The zero-order valence-corrected chi connectivity index (χ0v) is 11.6. The Morgan fingerprint density at radius 3 is 2.50 bits per heavy atom. The molecule has 0 bridgehead atoms. The maximum atomic E-state index is 12.3. The average Bonchev–Trinajstić information content (AvgIpc) is 2.93. The van der Waals surface area contributed by atoms with Crippen LogP contribution in [0.15, 0.2) is 48.5 Å². The van der Waals surface area contributed by atoms with E-state index < -0.39 is 5.97 Å². The van der Waals surface area contributed by atoms with Gasteiger partial charge < -0.3 is 10.0 Å². The number of nitrogens with zero attached hydrogens (tertiary/aromatic N) is 1. The van der Waals surface area contributed by atoms with E-state index in [4.69, 9.17) is 5.11 Å².